The Bertz CT molecular complexity index is 615. The Balaban J connectivity index is 2.29. The van der Waals surface area contributed by atoms with Crippen LogP contribution in [0, 0.1) is 0 Å². The van der Waals surface area contributed by atoms with Gasteiger partial charge in [-0.25, -0.2) is 9.48 Å². The van der Waals surface area contributed by atoms with Gasteiger partial charge in [-0.2, -0.15) is 5.10 Å². The van der Waals surface area contributed by atoms with Crippen molar-refractivity contribution in [3.63, 3.8) is 0 Å². The van der Waals surface area contributed by atoms with Gasteiger partial charge < -0.3 is 4.74 Å². The van der Waals surface area contributed by atoms with Gasteiger partial charge in [-0.15, -0.1) is 5.10 Å². The van der Waals surface area contributed by atoms with Crippen molar-refractivity contribution in [3.05, 3.63) is 29.3 Å². The number of esters is 1. The molecule has 0 atom stereocenters. The summed E-state index contributed by atoms with van der Waals surface area (Å²) in [6.07, 6.45) is 3.77. The van der Waals surface area contributed by atoms with Crippen molar-refractivity contribution in [3.8, 4) is 0 Å². The molecule has 2 rings (SSSR count). The standard InChI is InChI=1S/C14H21N5O2/c1-5-18-8-11(7-15-18)9-19-13(10(3)4)12(16-17-19)14(20)21-6-2/h7-8,10H,5-6,9H2,1-4H3. The summed E-state index contributed by atoms with van der Waals surface area (Å²) in [6.45, 7) is 9.51. The molecular formula is C14H21N5O2. The number of carbonyl (C=O) groups is 1. The van der Waals surface area contributed by atoms with E-state index in [1.54, 1.807) is 17.8 Å². The quantitative estimate of drug-likeness (QED) is 0.759. The maximum absolute atomic E-state index is 11.9. The highest BCUT2D eigenvalue weighted by molar-refractivity contribution is 5.88. The van der Waals surface area contributed by atoms with Gasteiger partial charge in [0.15, 0.2) is 5.69 Å². The van der Waals surface area contributed by atoms with E-state index < -0.39 is 5.97 Å². The predicted octanol–water partition coefficient (Wildman–Crippen LogP) is 1.84. The SMILES string of the molecule is CCOC(=O)c1nnn(Cc2cnn(CC)c2)c1C(C)C. The number of hydrogen-bond donors (Lipinski definition) is 0. The molecule has 2 aromatic rings. The molecule has 0 bridgehead atoms. The second kappa shape index (κ2) is 6.51. The first-order valence-electron chi connectivity index (χ1n) is 7.18. The van der Waals surface area contributed by atoms with E-state index in [0.717, 1.165) is 17.8 Å². The van der Waals surface area contributed by atoms with E-state index in [1.807, 2.05) is 31.6 Å². The van der Waals surface area contributed by atoms with Gasteiger partial charge in [0.2, 0.25) is 0 Å². The average molecular weight is 291 g/mol. The molecule has 0 amide bonds. The Morgan fingerprint density at radius 2 is 2.14 bits per heavy atom. The summed E-state index contributed by atoms with van der Waals surface area (Å²) in [5, 5.41) is 12.3. The van der Waals surface area contributed by atoms with Crippen LogP contribution in [0.3, 0.4) is 0 Å². The molecule has 114 valence electrons. The Labute approximate surface area is 123 Å². The van der Waals surface area contributed by atoms with Crippen LogP contribution in [0.5, 0.6) is 0 Å². The van der Waals surface area contributed by atoms with Crippen LogP contribution in [0.1, 0.15) is 55.4 Å². The fourth-order valence-corrected chi connectivity index (χ4v) is 2.19. The van der Waals surface area contributed by atoms with Crippen molar-refractivity contribution in [1.82, 2.24) is 24.8 Å². The smallest absolute Gasteiger partial charge is 0.360 e. The van der Waals surface area contributed by atoms with Crippen LogP contribution in [0.2, 0.25) is 0 Å². The molecule has 0 N–H and O–H groups in total. The monoisotopic (exact) mass is 291 g/mol. The number of rotatable bonds is 6. The Morgan fingerprint density at radius 1 is 1.38 bits per heavy atom. The average Bonchev–Trinajstić information content (AvgIpc) is 3.06. The number of aryl methyl sites for hydroxylation is 1. The van der Waals surface area contributed by atoms with Crippen LogP contribution in [0.4, 0.5) is 0 Å². The molecule has 0 aromatic carbocycles. The zero-order valence-corrected chi connectivity index (χ0v) is 12.9. The van der Waals surface area contributed by atoms with Crippen LogP contribution >= 0.6 is 0 Å². The zero-order valence-electron chi connectivity index (χ0n) is 12.9. The molecule has 0 fully saturated rings. The Kier molecular flexibility index (Phi) is 4.72. The van der Waals surface area contributed by atoms with E-state index in [9.17, 15) is 4.79 Å². The van der Waals surface area contributed by atoms with Crippen molar-refractivity contribution in [1.29, 1.82) is 0 Å². The summed E-state index contributed by atoms with van der Waals surface area (Å²) in [4.78, 5) is 11.9. The molecule has 2 aromatic heterocycles. The third-order valence-corrected chi connectivity index (χ3v) is 3.13. The highest BCUT2D eigenvalue weighted by Gasteiger charge is 2.23. The summed E-state index contributed by atoms with van der Waals surface area (Å²) >= 11 is 0. The lowest BCUT2D eigenvalue weighted by Gasteiger charge is -2.09. The predicted molar refractivity (Wildman–Crippen MR) is 77.1 cm³/mol. The van der Waals surface area contributed by atoms with Crippen molar-refractivity contribution in [2.75, 3.05) is 6.61 Å². The molecule has 0 radical (unpaired) electrons. The minimum absolute atomic E-state index is 0.126. The van der Waals surface area contributed by atoms with Crippen molar-refractivity contribution in [2.24, 2.45) is 0 Å². The summed E-state index contributed by atoms with van der Waals surface area (Å²) < 4.78 is 8.63. The van der Waals surface area contributed by atoms with Gasteiger partial charge in [-0.05, 0) is 19.8 Å². The van der Waals surface area contributed by atoms with Crippen LogP contribution in [-0.2, 0) is 17.8 Å². The van der Waals surface area contributed by atoms with Gasteiger partial charge in [0.05, 0.1) is 25.0 Å². The van der Waals surface area contributed by atoms with Gasteiger partial charge in [-0.1, -0.05) is 19.1 Å². The summed E-state index contributed by atoms with van der Waals surface area (Å²) in [7, 11) is 0. The normalized spacial score (nSPS) is 11.1. The molecule has 0 aliphatic heterocycles. The van der Waals surface area contributed by atoms with E-state index in [-0.39, 0.29) is 5.92 Å². The summed E-state index contributed by atoms with van der Waals surface area (Å²) in [5.74, 6) is -0.294. The minimum Gasteiger partial charge on any atom is -0.461 e. The fourth-order valence-electron chi connectivity index (χ4n) is 2.19. The molecule has 0 spiro atoms. The highest BCUT2D eigenvalue weighted by Crippen LogP contribution is 2.19. The van der Waals surface area contributed by atoms with E-state index >= 15 is 0 Å². The Hall–Kier alpha value is -2.18. The number of aromatic nitrogens is 5. The number of ether oxygens (including phenoxy) is 1. The lowest BCUT2D eigenvalue weighted by atomic mass is 10.1. The lowest BCUT2D eigenvalue weighted by molar-refractivity contribution is 0.0517. The largest absolute Gasteiger partial charge is 0.461 e. The molecule has 0 saturated heterocycles. The number of hydrogen-bond acceptors (Lipinski definition) is 5. The molecule has 7 nitrogen and oxygen atoms in total. The fraction of sp³-hybridized carbons (Fsp3) is 0.571. The van der Waals surface area contributed by atoms with Gasteiger partial charge in [-0.3, -0.25) is 4.68 Å². The lowest BCUT2D eigenvalue weighted by Crippen LogP contribution is -2.12. The van der Waals surface area contributed by atoms with Crippen LogP contribution in [0.15, 0.2) is 12.4 Å². The molecule has 0 aliphatic rings. The van der Waals surface area contributed by atoms with E-state index in [0.29, 0.717) is 18.8 Å². The van der Waals surface area contributed by atoms with E-state index in [2.05, 4.69) is 15.4 Å². The molecule has 0 unspecified atom stereocenters. The Morgan fingerprint density at radius 3 is 2.71 bits per heavy atom. The second-order valence-electron chi connectivity index (χ2n) is 5.06. The summed E-state index contributed by atoms with van der Waals surface area (Å²) in [6, 6.07) is 0. The molecule has 2 heterocycles. The van der Waals surface area contributed by atoms with Gasteiger partial charge in [0.25, 0.3) is 0 Å². The molecule has 7 heteroatoms. The van der Waals surface area contributed by atoms with E-state index in [1.165, 1.54) is 0 Å². The zero-order chi connectivity index (χ0) is 15.4. The third kappa shape index (κ3) is 3.29. The van der Waals surface area contributed by atoms with Crippen molar-refractivity contribution < 1.29 is 9.53 Å². The molecule has 21 heavy (non-hydrogen) atoms. The highest BCUT2D eigenvalue weighted by atomic mass is 16.5. The molecule has 0 saturated carbocycles. The van der Waals surface area contributed by atoms with Gasteiger partial charge >= 0.3 is 5.97 Å². The summed E-state index contributed by atoms with van der Waals surface area (Å²) in [5.41, 5.74) is 2.12. The maximum Gasteiger partial charge on any atom is 0.360 e. The van der Waals surface area contributed by atoms with Crippen molar-refractivity contribution >= 4 is 5.97 Å². The van der Waals surface area contributed by atoms with Crippen molar-refractivity contribution in [2.45, 2.75) is 46.7 Å². The third-order valence-electron chi connectivity index (χ3n) is 3.13. The van der Waals surface area contributed by atoms with E-state index in [4.69, 9.17) is 4.74 Å². The first kappa shape index (κ1) is 15.2. The van der Waals surface area contributed by atoms with Crippen LogP contribution < -0.4 is 0 Å². The molecular weight excluding hydrogens is 270 g/mol. The maximum atomic E-state index is 11.9. The first-order valence-corrected chi connectivity index (χ1v) is 7.18. The minimum atomic E-state index is -0.420. The second-order valence-corrected chi connectivity index (χ2v) is 5.06. The topological polar surface area (TPSA) is 74.8 Å². The first-order chi connectivity index (χ1) is 10.1. The van der Waals surface area contributed by atoms with Crippen LogP contribution in [-0.4, -0.2) is 37.4 Å². The molecule has 0 aliphatic carbocycles. The number of carbonyl (C=O) groups excluding carboxylic acids is 1. The van der Waals surface area contributed by atoms with Gasteiger partial charge in [0, 0.05) is 18.3 Å². The van der Waals surface area contributed by atoms with Crippen LogP contribution in [0.25, 0.3) is 0 Å². The van der Waals surface area contributed by atoms with Gasteiger partial charge in [0.1, 0.15) is 0 Å². The number of nitrogens with zero attached hydrogens (tertiary/aromatic N) is 5.